The van der Waals surface area contributed by atoms with Crippen molar-refractivity contribution in [2.45, 2.75) is 56.5 Å². The van der Waals surface area contributed by atoms with E-state index in [1.54, 1.807) is 0 Å². The Morgan fingerprint density at radius 2 is 2.33 bits per heavy atom. The van der Waals surface area contributed by atoms with Crippen LogP contribution in [0.25, 0.3) is 0 Å². The van der Waals surface area contributed by atoms with E-state index in [1.807, 2.05) is 6.92 Å². The lowest BCUT2D eigenvalue weighted by Gasteiger charge is -2.41. The minimum atomic E-state index is -1.02. The largest absolute Gasteiger partial charge is 0.478 e. The summed E-state index contributed by atoms with van der Waals surface area (Å²) in [6.45, 7) is 1.69. The molecule has 6 nitrogen and oxygen atoms in total. The lowest BCUT2D eigenvalue weighted by molar-refractivity contribution is -0.184. The lowest BCUT2D eigenvalue weighted by Crippen LogP contribution is -2.51. The highest BCUT2D eigenvalue weighted by atomic mass is 16.6. The molecule has 4 unspecified atom stereocenters. The van der Waals surface area contributed by atoms with Crippen LogP contribution in [-0.2, 0) is 14.3 Å². The summed E-state index contributed by atoms with van der Waals surface area (Å²) in [7, 11) is 0. The number of hydrogen-bond acceptors (Lipinski definition) is 5. The third-order valence-electron chi connectivity index (χ3n) is 4.18. The highest BCUT2D eigenvalue weighted by Crippen LogP contribution is 2.42. The van der Waals surface area contributed by atoms with E-state index in [-0.39, 0.29) is 30.8 Å². The van der Waals surface area contributed by atoms with Crippen molar-refractivity contribution < 1.29 is 24.5 Å². The predicted octanol–water partition coefficient (Wildman–Crippen LogP) is 1.24. The average molecular weight is 295 g/mol. The molecule has 0 aliphatic carbocycles. The Morgan fingerprint density at radius 1 is 1.57 bits per heavy atom. The van der Waals surface area contributed by atoms with Crippen LogP contribution in [0.4, 0.5) is 0 Å². The number of nitriles is 1. The maximum atomic E-state index is 10.6. The molecule has 0 aromatic rings. The lowest BCUT2D eigenvalue weighted by atomic mass is 9.85. The Balaban J connectivity index is 2.03. The summed E-state index contributed by atoms with van der Waals surface area (Å²) in [5, 5.41) is 27.3. The fourth-order valence-electron chi connectivity index (χ4n) is 3.16. The molecule has 2 fully saturated rings. The fraction of sp³-hybridized carbons (Fsp3) is 0.733. The summed E-state index contributed by atoms with van der Waals surface area (Å²) in [6, 6.07) is 2.19. The van der Waals surface area contributed by atoms with E-state index in [4.69, 9.17) is 19.8 Å². The summed E-state index contributed by atoms with van der Waals surface area (Å²) in [5.74, 6) is -1.11. The molecule has 2 heterocycles. The SMILES string of the molecule is C[C@@H](C#N)CC1CCC2OC(/C=C/C(=O)O)CC2(CO)O1. The molecule has 0 aromatic heterocycles. The van der Waals surface area contributed by atoms with Gasteiger partial charge in [-0.15, -0.1) is 0 Å². The third kappa shape index (κ3) is 3.62. The van der Waals surface area contributed by atoms with E-state index in [1.165, 1.54) is 6.08 Å². The van der Waals surface area contributed by atoms with Gasteiger partial charge in [-0.1, -0.05) is 0 Å². The zero-order valence-corrected chi connectivity index (χ0v) is 12.1. The smallest absolute Gasteiger partial charge is 0.328 e. The van der Waals surface area contributed by atoms with Gasteiger partial charge in [0.2, 0.25) is 0 Å². The maximum absolute atomic E-state index is 10.6. The Hall–Kier alpha value is -1.42. The van der Waals surface area contributed by atoms with E-state index >= 15 is 0 Å². The van der Waals surface area contributed by atoms with E-state index in [9.17, 15) is 9.90 Å². The molecule has 2 N–H and O–H groups in total. The molecule has 2 aliphatic heterocycles. The zero-order chi connectivity index (χ0) is 15.5. The number of aliphatic hydroxyl groups excluding tert-OH is 1. The number of rotatable bonds is 5. The van der Waals surface area contributed by atoms with E-state index < -0.39 is 11.6 Å². The molecule has 0 saturated carbocycles. The van der Waals surface area contributed by atoms with Crippen LogP contribution in [0.3, 0.4) is 0 Å². The van der Waals surface area contributed by atoms with E-state index in [2.05, 4.69) is 6.07 Å². The molecule has 0 amide bonds. The number of carboxylic acids is 1. The number of nitrogens with zero attached hydrogens (tertiary/aromatic N) is 1. The van der Waals surface area contributed by atoms with Crippen LogP contribution >= 0.6 is 0 Å². The van der Waals surface area contributed by atoms with Crippen molar-refractivity contribution in [1.29, 1.82) is 5.26 Å². The van der Waals surface area contributed by atoms with Crippen molar-refractivity contribution in [1.82, 2.24) is 0 Å². The topological polar surface area (TPSA) is 99.8 Å². The minimum absolute atomic E-state index is 0.0612. The Bertz CT molecular complexity index is 457. The number of ether oxygens (including phenoxy) is 2. The molecule has 6 heteroatoms. The van der Waals surface area contributed by atoms with Gasteiger partial charge in [-0.2, -0.15) is 5.26 Å². The van der Waals surface area contributed by atoms with Crippen molar-refractivity contribution in [3.8, 4) is 6.07 Å². The number of aliphatic hydroxyl groups is 1. The van der Waals surface area contributed by atoms with Crippen LogP contribution in [0.15, 0.2) is 12.2 Å². The van der Waals surface area contributed by atoms with Gasteiger partial charge in [-0.25, -0.2) is 4.79 Å². The van der Waals surface area contributed by atoms with Crippen LogP contribution < -0.4 is 0 Å². The Morgan fingerprint density at radius 3 is 2.95 bits per heavy atom. The van der Waals surface area contributed by atoms with Crippen molar-refractivity contribution in [2.75, 3.05) is 6.61 Å². The number of carbonyl (C=O) groups is 1. The number of aliphatic carboxylic acids is 1. The summed E-state index contributed by atoms with van der Waals surface area (Å²) in [4.78, 5) is 10.6. The van der Waals surface area contributed by atoms with Crippen LogP contribution in [0, 0.1) is 17.2 Å². The molecule has 0 spiro atoms. The van der Waals surface area contributed by atoms with Gasteiger partial charge in [0.15, 0.2) is 0 Å². The summed E-state index contributed by atoms with van der Waals surface area (Å²) in [5.41, 5.74) is -0.772. The molecular weight excluding hydrogens is 274 g/mol. The van der Waals surface area contributed by atoms with Crippen LogP contribution in [0.5, 0.6) is 0 Å². The Labute approximate surface area is 124 Å². The van der Waals surface area contributed by atoms with Crippen LogP contribution in [0.1, 0.15) is 32.6 Å². The first-order valence-electron chi connectivity index (χ1n) is 7.24. The molecule has 0 bridgehead atoms. The second-order valence-corrected chi connectivity index (χ2v) is 5.87. The zero-order valence-electron chi connectivity index (χ0n) is 12.1. The second-order valence-electron chi connectivity index (χ2n) is 5.87. The van der Waals surface area contributed by atoms with Gasteiger partial charge in [0.1, 0.15) is 5.60 Å². The molecule has 0 radical (unpaired) electrons. The van der Waals surface area contributed by atoms with E-state index in [0.717, 1.165) is 18.9 Å². The molecule has 2 saturated heterocycles. The van der Waals surface area contributed by atoms with Crippen molar-refractivity contribution >= 4 is 5.97 Å². The summed E-state index contributed by atoms with van der Waals surface area (Å²) in [6.07, 6.45) is 4.53. The summed E-state index contributed by atoms with van der Waals surface area (Å²) < 4.78 is 11.8. The molecule has 0 aromatic carbocycles. The second kappa shape index (κ2) is 6.56. The van der Waals surface area contributed by atoms with Crippen molar-refractivity contribution in [3.63, 3.8) is 0 Å². The monoisotopic (exact) mass is 295 g/mol. The highest BCUT2D eigenvalue weighted by molar-refractivity contribution is 5.79. The van der Waals surface area contributed by atoms with Gasteiger partial charge in [0.05, 0.1) is 31.0 Å². The molecule has 2 aliphatic rings. The number of carboxylic acid groups (broad SMARTS) is 1. The van der Waals surface area contributed by atoms with Gasteiger partial charge in [0.25, 0.3) is 0 Å². The first-order chi connectivity index (χ1) is 9.99. The van der Waals surface area contributed by atoms with Crippen molar-refractivity contribution in [2.24, 2.45) is 5.92 Å². The standard InChI is InChI=1S/C15H21NO5/c1-10(8-16)6-11-2-4-13-15(9-17,21-11)7-12(20-13)3-5-14(18)19/h3,5,10-13,17H,2,4,6-7,9H2,1H3,(H,18,19)/b5-3+/t10-,11?,12?,13?,15?/m1/s1. The highest BCUT2D eigenvalue weighted by Gasteiger charge is 2.52. The van der Waals surface area contributed by atoms with E-state index in [0.29, 0.717) is 12.8 Å². The minimum Gasteiger partial charge on any atom is -0.478 e. The average Bonchev–Trinajstić information content (AvgIpc) is 2.83. The van der Waals surface area contributed by atoms with Gasteiger partial charge >= 0.3 is 5.97 Å². The predicted molar refractivity (Wildman–Crippen MR) is 73.4 cm³/mol. The van der Waals surface area contributed by atoms with Crippen LogP contribution in [-0.4, -0.2) is 46.7 Å². The molecule has 116 valence electrons. The molecule has 5 atom stereocenters. The van der Waals surface area contributed by atoms with Gasteiger partial charge in [-0.05, 0) is 32.3 Å². The molecular formula is C15H21NO5. The van der Waals surface area contributed by atoms with Crippen molar-refractivity contribution in [3.05, 3.63) is 12.2 Å². The number of hydrogen-bond donors (Lipinski definition) is 2. The van der Waals surface area contributed by atoms with Crippen LogP contribution in [0.2, 0.25) is 0 Å². The molecule has 2 rings (SSSR count). The molecule has 21 heavy (non-hydrogen) atoms. The first kappa shape index (κ1) is 16.0. The maximum Gasteiger partial charge on any atom is 0.328 e. The first-order valence-corrected chi connectivity index (χ1v) is 7.24. The van der Waals surface area contributed by atoms with Gasteiger partial charge < -0.3 is 19.7 Å². The van der Waals surface area contributed by atoms with Gasteiger partial charge in [-0.3, -0.25) is 0 Å². The Kier molecular flexibility index (Phi) is 4.99. The third-order valence-corrected chi connectivity index (χ3v) is 4.18. The summed E-state index contributed by atoms with van der Waals surface area (Å²) >= 11 is 0. The normalized spacial score (nSPS) is 37.1. The fourth-order valence-corrected chi connectivity index (χ4v) is 3.16. The van der Waals surface area contributed by atoms with Gasteiger partial charge in [0, 0.05) is 18.4 Å². The quantitative estimate of drug-likeness (QED) is 0.740. The number of fused-ring (bicyclic) bond motifs is 1.